The first-order valence-electron chi connectivity index (χ1n) is 7.84. The molecule has 0 spiro atoms. The van der Waals surface area contributed by atoms with Crippen LogP contribution in [0.4, 0.5) is 13.2 Å². The molecule has 1 aromatic carbocycles. The van der Waals surface area contributed by atoms with Crippen molar-refractivity contribution in [2.75, 3.05) is 0 Å². The van der Waals surface area contributed by atoms with Gasteiger partial charge in [-0.3, -0.25) is 4.79 Å². The Morgan fingerprint density at radius 3 is 2.65 bits per heavy atom. The number of halogens is 3. The van der Waals surface area contributed by atoms with Crippen LogP contribution in [0, 0.1) is 5.92 Å². The van der Waals surface area contributed by atoms with Crippen LogP contribution in [0.25, 0.3) is 0 Å². The minimum absolute atomic E-state index is 0.0766. The third kappa shape index (κ3) is 4.19. The van der Waals surface area contributed by atoms with Gasteiger partial charge >= 0.3 is 12.1 Å². The Morgan fingerprint density at radius 2 is 2.08 bits per heavy atom. The summed E-state index contributed by atoms with van der Waals surface area (Å²) in [5.74, 6) is -1.68. The van der Waals surface area contributed by atoms with E-state index in [1.165, 1.54) is 6.07 Å². The summed E-state index contributed by atoms with van der Waals surface area (Å²) in [7, 11) is 0. The Morgan fingerprint density at radius 1 is 1.35 bits per heavy atom. The van der Waals surface area contributed by atoms with Crippen LogP contribution in [0.3, 0.4) is 0 Å². The summed E-state index contributed by atoms with van der Waals surface area (Å²) in [6.45, 7) is -0.275. The Balaban J connectivity index is 1.72. The Labute approximate surface area is 145 Å². The van der Waals surface area contributed by atoms with Gasteiger partial charge in [0, 0.05) is 0 Å². The molecule has 1 aliphatic rings. The van der Waals surface area contributed by atoms with Crippen LogP contribution >= 0.6 is 0 Å². The van der Waals surface area contributed by atoms with Gasteiger partial charge in [0.15, 0.2) is 5.69 Å². The van der Waals surface area contributed by atoms with E-state index in [-0.39, 0.29) is 18.2 Å². The van der Waals surface area contributed by atoms with E-state index in [2.05, 4.69) is 15.6 Å². The van der Waals surface area contributed by atoms with Gasteiger partial charge in [-0.25, -0.2) is 9.48 Å². The van der Waals surface area contributed by atoms with Crippen LogP contribution in [-0.2, 0) is 17.5 Å². The topological polar surface area (TPSA) is 97.1 Å². The molecule has 1 saturated carbocycles. The number of hydrogen-bond acceptors (Lipinski definition) is 4. The number of alkyl halides is 3. The largest absolute Gasteiger partial charge is 0.476 e. The normalized spacial score (nSPS) is 15.5. The molecule has 1 amide bonds. The third-order valence-corrected chi connectivity index (χ3v) is 4.05. The van der Waals surface area contributed by atoms with E-state index in [1.54, 1.807) is 6.07 Å². The molecule has 1 heterocycles. The number of hydrogen-bond donors (Lipinski definition) is 2. The van der Waals surface area contributed by atoms with Gasteiger partial charge in [-0.2, -0.15) is 13.2 Å². The van der Waals surface area contributed by atoms with E-state index in [9.17, 15) is 22.8 Å². The second-order valence-corrected chi connectivity index (χ2v) is 6.11. The van der Waals surface area contributed by atoms with Crippen molar-refractivity contribution >= 4 is 11.9 Å². The van der Waals surface area contributed by atoms with Crippen molar-refractivity contribution in [2.24, 2.45) is 5.92 Å². The Bertz CT molecular complexity index is 830. The molecule has 7 nitrogen and oxygen atoms in total. The van der Waals surface area contributed by atoms with Crippen molar-refractivity contribution in [3.63, 3.8) is 0 Å². The van der Waals surface area contributed by atoms with Crippen LogP contribution in [0.2, 0.25) is 0 Å². The predicted octanol–water partition coefficient (Wildman–Crippen LogP) is 2.26. The lowest BCUT2D eigenvalue weighted by Crippen LogP contribution is -2.33. The summed E-state index contributed by atoms with van der Waals surface area (Å²) in [5, 5.41) is 18.5. The number of nitrogens with one attached hydrogen (secondary N) is 1. The number of carboxylic acids is 1. The van der Waals surface area contributed by atoms with E-state index < -0.39 is 29.7 Å². The lowest BCUT2D eigenvalue weighted by molar-refractivity contribution is -0.137. The van der Waals surface area contributed by atoms with E-state index in [4.69, 9.17) is 5.11 Å². The second-order valence-electron chi connectivity index (χ2n) is 6.11. The van der Waals surface area contributed by atoms with Gasteiger partial charge in [0.05, 0.1) is 17.8 Å². The molecule has 0 radical (unpaired) electrons. The van der Waals surface area contributed by atoms with Gasteiger partial charge in [-0.1, -0.05) is 17.3 Å². The smallest absolute Gasteiger partial charge is 0.416 e. The summed E-state index contributed by atoms with van der Waals surface area (Å²) < 4.78 is 39.8. The van der Waals surface area contributed by atoms with Crippen molar-refractivity contribution in [2.45, 2.75) is 31.6 Å². The van der Waals surface area contributed by atoms with E-state index in [0.29, 0.717) is 5.56 Å². The highest BCUT2D eigenvalue weighted by Crippen LogP contribution is 2.42. The maximum atomic E-state index is 12.9. The van der Waals surface area contributed by atoms with Crippen LogP contribution < -0.4 is 5.32 Å². The quantitative estimate of drug-likeness (QED) is 0.815. The first-order valence-corrected chi connectivity index (χ1v) is 7.84. The number of carboxylic acid groups (broad SMARTS) is 1. The molecule has 10 heteroatoms. The molecule has 1 fully saturated rings. The molecule has 3 rings (SSSR count). The fourth-order valence-electron chi connectivity index (χ4n) is 2.65. The zero-order chi connectivity index (χ0) is 18.9. The third-order valence-electron chi connectivity index (χ3n) is 4.05. The van der Waals surface area contributed by atoms with E-state index >= 15 is 0 Å². The molecule has 0 saturated heterocycles. The van der Waals surface area contributed by atoms with Crippen LogP contribution in [0.1, 0.15) is 40.5 Å². The maximum absolute atomic E-state index is 12.9. The van der Waals surface area contributed by atoms with Crippen LogP contribution in [0.15, 0.2) is 30.5 Å². The number of carbonyl (C=O) groups excluding carboxylic acids is 1. The molecule has 0 aliphatic heterocycles. The Hall–Kier alpha value is -2.91. The van der Waals surface area contributed by atoms with Gasteiger partial charge < -0.3 is 10.4 Å². The average Bonchev–Trinajstić information content (AvgIpc) is 3.30. The van der Waals surface area contributed by atoms with Gasteiger partial charge in [0.1, 0.15) is 6.54 Å². The van der Waals surface area contributed by atoms with Crippen LogP contribution in [-0.4, -0.2) is 32.0 Å². The van der Waals surface area contributed by atoms with E-state index in [0.717, 1.165) is 35.9 Å². The Kier molecular flexibility index (Phi) is 4.66. The lowest BCUT2D eigenvalue weighted by Gasteiger charge is -2.20. The number of benzene rings is 1. The predicted molar refractivity (Wildman–Crippen MR) is 82.0 cm³/mol. The van der Waals surface area contributed by atoms with Gasteiger partial charge in [0.2, 0.25) is 5.91 Å². The molecule has 138 valence electrons. The van der Waals surface area contributed by atoms with E-state index in [1.807, 2.05) is 0 Å². The molecule has 1 atom stereocenters. The molecule has 1 aliphatic carbocycles. The lowest BCUT2D eigenvalue weighted by atomic mass is 10.00. The van der Waals surface area contributed by atoms with Crippen molar-refractivity contribution < 1.29 is 27.9 Å². The average molecular weight is 368 g/mol. The fourth-order valence-corrected chi connectivity index (χ4v) is 2.65. The minimum atomic E-state index is -4.46. The minimum Gasteiger partial charge on any atom is -0.476 e. The first-order chi connectivity index (χ1) is 12.2. The molecule has 1 aromatic heterocycles. The van der Waals surface area contributed by atoms with Crippen LogP contribution in [0.5, 0.6) is 0 Å². The zero-order valence-electron chi connectivity index (χ0n) is 13.4. The van der Waals surface area contributed by atoms with Gasteiger partial charge in [-0.15, -0.1) is 5.10 Å². The summed E-state index contributed by atoms with van der Waals surface area (Å²) in [4.78, 5) is 23.0. The van der Waals surface area contributed by atoms with Crippen molar-refractivity contribution in [3.05, 3.63) is 47.3 Å². The van der Waals surface area contributed by atoms with Crippen molar-refractivity contribution in [1.29, 1.82) is 0 Å². The highest BCUT2D eigenvalue weighted by Gasteiger charge is 2.36. The number of aromatic carboxylic acids is 1. The summed E-state index contributed by atoms with van der Waals surface area (Å²) in [6, 6.07) is 4.36. The molecule has 2 aromatic rings. The number of nitrogens with zero attached hydrogens (tertiary/aromatic N) is 3. The monoisotopic (exact) mass is 368 g/mol. The maximum Gasteiger partial charge on any atom is 0.416 e. The van der Waals surface area contributed by atoms with Crippen molar-refractivity contribution in [3.8, 4) is 0 Å². The highest BCUT2D eigenvalue weighted by molar-refractivity contribution is 5.84. The fraction of sp³-hybridized carbons (Fsp3) is 0.375. The zero-order valence-corrected chi connectivity index (χ0v) is 13.4. The molecule has 1 unspecified atom stereocenters. The summed E-state index contributed by atoms with van der Waals surface area (Å²) >= 11 is 0. The SMILES string of the molecule is O=C(Cn1cc(C(=O)O)nn1)NC(c1cccc(C(F)(F)F)c1)C1CC1. The first kappa shape index (κ1) is 17.9. The molecule has 0 bridgehead atoms. The standard InChI is InChI=1S/C16H15F3N4O3/c17-16(18,19)11-3-1-2-10(6-11)14(9-4-5-9)20-13(24)8-23-7-12(15(25)26)21-22-23/h1-3,6-7,9,14H,4-5,8H2,(H,20,24)(H,25,26). The van der Waals surface area contributed by atoms with Gasteiger partial charge in [0.25, 0.3) is 0 Å². The number of rotatable bonds is 6. The molecule has 2 N–H and O–H groups in total. The van der Waals surface area contributed by atoms with Gasteiger partial charge in [-0.05, 0) is 36.5 Å². The second kappa shape index (κ2) is 6.77. The summed E-state index contributed by atoms with van der Waals surface area (Å²) in [6.07, 6.45) is -1.72. The number of carbonyl (C=O) groups is 2. The van der Waals surface area contributed by atoms with Crippen molar-refractivity contribution in [1.82, 2.24) is 20.3 Å². The number of aromatic nitrogens is 3. The molecule has 26 heavy (non-hydrogen) atoms. The molecular weight excluding hydrogens is 353 g/mol. The summed E-state index contributed by atoms with van der Waals surface area (Å²) in [5.41, 5.74) is -0.674. The molecular formula is C16H15F3N4O3. The highest BCUT2D eigenvalue weighted by atomic mass is 19.4. The number of amides is 1.